The van der Waals surface area contributed by atoms with Crippen molar-refractivity contribution in [2.24, 2.45) is 0 Å². The van der Waals surface area contributed by atoms with Gasteiger partial charge in [-0.3, -0.25) is 4.79 Å². The molecule has 0 aliphatic carbocycles. The van der Waals surface area contributed by atoms with Crippen LogP contribution in [0.15, 0.2) is 42.5 Å². The number of fused-ring (bicyclic) bond motifs is 1. The van der Waals surface area contributed by atoms with Crippen molar-refractivity contribution in [3.63, 3.8) is 0 Å². The second kappa shape index (κ2) is 6.27. The molecule has 0 spiro atoms. The summed E-state index contributed by atoms with van der Waals surface area (Å²) in [5, 5.41) is 2.14. The van der Waals surface area contributed by atoms with Gasteiger partial charge in [0.2, 0.25) is 0 Å². The van der Waals surface area contributed by atoms with E-state index in [4.69, 9.17) is 4.74 Å². The molecule has 1 atom stereocenters. The molecule has 3 rings (SSSR count). The number of benzene rings is 2. The van der Waals surface area contributed by atoms with Gasteiger partial charge in [0.05, 0.1) is 6.10 Å². The van der Waals surface area contributed by atoms with Crippen LogP contribution >= 0.6 is 0 Å². The molecule has 1 unspecified atom stereocenters. The molecule has 1 heterocycles. The molecule has 110 valence electrons. The van der Waals surface area contributed by atoms with Gasteiger partial charge in [-0.15, -0.1) is 0 Å². The molecule has 21 heavy (non-hydrogen) atoms. The fourth-order valence-corrected chi connectivity index (χ4v) is 3.08. The van der Waals surface area contributed by atoms with Crippen molar-refractivity contribution >= 4 is 16.7 Å². The van der Waals surface area contributed by atoms with E-state index in [0.717, 1.165) is 35.7 Å². The number of carbonyl (C=O) groups is 1. The van der Waals surface area contributed by atoms with E-state index in [1.54, 1.807) is 0 Å². The minimum Gasteiger partial charge on any atom is -0.377 e. The van der Waals surface area contributed by atoms with Crippen LogP contribution < -0.4 is 0 Å². The summed E-state index contributed by atoms with van der Waals surface area (Å²) in [7, 11) is 0. The highest BCUT2D eigenvalue weighted by Crippen LogP contribution is 2.22. The molecule has 1 aliphatic heterocycles. The smallest absolute Gasteiger partial charge is 0.254 e. The lowest BCUT2D eigenvalue weighted by Gasteiger charge is -2.32. The Labute approximate surface area is 125 Å². The van der Waals surface area contributed by atoms with E-state index < -0.39 is 0 Å². The molecule has 0 aromatic heterocycles. The third-order valence-corrected chi connectivity index (χ3v) is 4.09. The second-order valence-electron chi connectivity index (χ2n) is 5.50. The molecule has 0 radical (unpaired) electrons. The Morgan fingerprint density at radius 2 is 2.05 bits per heavy atom. The minimum absolute atomic E-state index is 0.121. The first-order valence-corrected chi connectivity index (χ1v) is 7.68. The third kappa shape index (κ3) is 2.93. The Morgan fingerprint density at radius 1 is 1.24 bits per heavy atom. The van der Waals surface area contributed by atoms with E-state index in [1.807, 2.05) is 54.3 Å². The summed E-state index contributed by atoms with van der Waals surface area (Å²) < 4.78 is 5.69. The highest BCUT2D eigenvalue weighted by molar-refractivity contribution is 6.07. The van der Waals surface area contributed by atoms with Gasteiger partial charge in [0.1, 0.15) is 0 Å². The normalized spacial score (nSPS) is 18.9. The maximum Gasteiger partial charge on any atom is 0.254 e. The number of hydrogen-bond acceptors (Lipinski definition) is 2. The zero-order valence-corrected chi connectivity index (χ0v) is 12.4. The number of nitrogens with zero attached hydrogens (tertiary/aromatic N) is 1. The summed E-state index contributed by atoms with van der Waals surface area (Å²) in [4.78, 5) is 14.8. The number of piperidine rings is 1. The lowest BCUT2D eigenvalue weighted by molar-refractivity contribution is 0.00731. The Morgan fingerprint density at radius 3 is 2.90 bits per heavy atom. The maximum atomic E-state index is 12.8. The zero-order valence-electron chi connectivity index (χ0n) is 12.4. The predicted molar refractivity (Wildman–Crippen MR) is 84.5 cm³/mol. The van der Waals surface area contributed by atoms with Crippen molar-refractivity contribution in [3.8, 4) is 0 Å². The summed E-state index contributed by atoms with van der Waals surface area (Å²) in [6.07, 6.45) is 2.25. The molecule has 3 nitrogen and oxygen atoms in total. The van der Waals surface area contributed by atoms with Crippen LogP contribution in [0.2, 0.25) is 0 Å². The summed E-state index contributed by atoms with van der Waals surface area (Å²) in [5.74, 6) is 0.121. The van der Waals surface area contributed by atoms with Crippen molar-refractivity contribution in [1.29, 1.82) is 0 Å². The average molecular weight is 283 g/mol. The number of amides is 1. The first kappa shape index (κ1) is 14.1. The summed E-state index contributed by atoms with van der Waals surface area (Å²) >= 11 is 0. The van der Waals surface area contributed by atoms with Gasteiger partial charge in [-0.1, -0.05) is 36.4 Å². The third-order valence-electron chi connectivity index (χ3n) is 4.09. The standard InChI is InChI=1S/C18H21NO2/c1-2-21-15-9-6-12-19(13-15)18(20)17-11-5-8-14-7-3-4-10-16(14)17/h3-5,7-8,10-11,15H,2,6,9,12-13H2,1H3. The van der Waals surface area contributed by atoms with Gasteiger partial charge < -0.3 is 9.64 Å². The summed E-state index contributed by atoms with van der Waals surface area (Å²) in [6, 6.07) is 14.0. The van der Waals surface area contributed by atoms with Crippen molar-refractivity contribution < 1.29 is 9.53 Å². The molecule has 1 fully saturated rings. The summed E-state index contributed by atoms with van der Waals surface area (Å²) in [5.41, 5.74) is 0.797. The van der Waals surface area contributed by atoms with Crippen LogP contribution in [0.1, 0.15) is 30.1 Å². The topological polar surface area (TPSA) is 29.5 Å². The van der Waals surface area contributed by atoms with Gasteiger partial charge in [0.15, 0.2) is 0 Å². The minimum atomic E-state index is 0.121. The van der Waals surface area contributed by atoms with Crippen molar-refractivity contribution in [3.05, 3.63) is 48.0 Å². The van der Waals surface area contributed by atoms with Crippen LogP contribution in [0, 0.1) is 0 Å². The quantitative estimate of drug-likeness (QED) is 0.863. The van der Waals surface area contributed by atoms with Gasteiger partial charge in [-0.25, -0.2) is 0 Å². The van der Waals surface area contributed by atoms with Crippen LogP contribution in [0.4, 0.5) is 0 Å². The number of likely N-dealkylation sites (tertiary alicyclic amines) is 1. The lowest BCUT2D eigenvalue weighted by atomic mass is 10.0. The maximum absolute atomic E-state index is 12.8. The van der Waals surface area contributed by atoms with Crippen molar-refractivity contribution in [2.75, 3.05) is 19.7 Å². The van der Waals surface area contributed by atoms with Crippen LogP contribution in [0.5, 0.6) is 0 Å². The van der Waals surface area contributed by atoms with Crippen LogP contribution in [0.25, 0.3) is 10.8 Å². The fourth-order valence-electron chi connectivity index (χ4n) is 3.08. The van der Waals surface area contributed by atoms with Gasteiger partial charge in [-0.05, 0) is 36.6 Å². The Hall–Kier alpha value is -1.87. The molecule has 3 heteroatoms. The number of rotatable bonds is 3. The summed E-state index contributed by atoms with van der Waals surface area (Å²) in [6.45, 7) is 4.24. The van der Waals surface area contributed by atoms with E-state index in [0.29, 0.717) is 13.2 Å². The second-order valence-corrected chi connectivity index (χ2v) is 5.50. The molecule has 2 aromatic rings. The lowest BCUT2D eigenvalue weighted by Crippen LogP contribution is -2.43. The average Bonchev–Trinajstić information content (AvgIpc) is 2.54. The van der Waals surface area contributed by atoms with Gasteiger partial charge in [-0.2, -0.15) is 0 Å². The van der Waals surface area contributed by atoms with Crippen molar-refractivity contribution in [1.82, 2.24) is 4.90 Å². The van der Waals surface area contributed by atoms with E-state index in [2.05, 4.69) is 0 Å². The van der Waals surface area contributed by atoms with Crippen LogP contribution in [-0.2, 0) is 4.74 Å². The van der Waals surface area contributed by atoms with Gasteiger partial charge >= 0.3 is 0 Å². The van der Waals surface area contributed by atoms with Crippen molar-refractivity contribution in [2.45, 2.75) is 25.9 Å². The van der Waals surface area contributed by atoms with Gasteiger partial charge in [0, 0.05) is 25.3 Å². The molecule has 1 amide bonds. The molecule has 0 saturated carbocycles. The molecular weight excluding hydrogens is 262 g/mol. The predicted octanol–water partition coefficient (Wildman–Crippen LogP) is 3.48. The Bertz CT molecular complexity index is 631. The molecular formula is C18H21NO2. The van der Waals surface area contributed by atoms with Gasteiger partial charge in [0.25, 0.3) is 5.91 Å². The fraction of sp³-hybridized carbons (Fsp3) is 0.389. The van der Waals surface area contributed by atoms with Crippen LogP contribution in [0.3, 0.4) is 0 Å². The largest absolute Gasteiger partial charge is 0.377 e. The molecule has 2 aromatic carbocycles. The Kier molecular flexibility index (Phi) is 4.20. The first-order valence-electron chi connectivity index (χ1n) is 7.68. The number of ether oxygens (including phenoxy) is 1. The first-order chi connectivity index (χ1) is 10.3. The molecule has 0 bridgehead atoms. The van der Waals surface area contributed by atoms with E-state index >= 15 is 0 Å². The highest BCUT2D eigenvalue weighted by atomic mass is 16.5. The molecule has 1 aliphatic rings. The van der Waals surface area contributed by atoms with Crippen LogP contribution in [-0.4, -0.2) is 36.6 Å². The number of hydrogen-bond donors (Lipinski definition) is 0. The zero-order chi connectivity index (χ0) is 14.7. The van der Waals surface area contributed by atoms with E-state index in [-0.39, 0.29) is 12.0 Å². The molecule has 0 N–H and O–H groups in total. The Balaban J connectivity index is 1.86. The van der Waals surface area contributed by atoms with E-state index in [9.17, 15) is 4.79 Å². The number of carbonyl (C=O) groups excluding carboxylic acids is 1. The monoisotopic (exact) mass is 283 g/mol. The van der Waals surface area contributed by atoms with E-state index in [1.165, 1.54) is 0 Å². The molecule has 1 saturated heterocycles. The highest BCUT2D eigenvalue weighted by Gasteiger charge is 2.25. The SMILES string of the molecule is CCOC1CCCN(C(=O)c2cccc3ccccc23)C1.